The quantitative estimate of drug-likeness (QED) is 0.757. The summed E-state index contributed by atoms with van der Waals surface area (Å²) in [6, 6.07) is -0.570. The first kappa shape index (κ1) is 15.7. The highest BCUT2D eigenvalue weighted by Gasteiger charge is 2.43. The molecule has 2 bridgehead atoms. The summed E-state index contributed by atoms with van der Waals surface area (Å²) in [5.74, 6) is 0.123. The monoisotopic (exact) mass is 355 g/mol. The summed E-state index contributed by atoms with van der Waals surface area (Å²) in [5.41, 5.74) is 0. The molecule has 130 valence electrons. The fourth-order valence-electron chi connectivity index (χ4n) is 3.84. The number of nitrogens with one attached hydrogen (secondary N) is 1. The molecule has 24 heavy (non-hydrogen) atoms. The van der Waals surface area contributed by atoms with Crippen molar-refractivity contribution in [2.45, 2.75) is 24.9 Å². The fourth-order valence-corrected chi connectivity index (χ4v) is 5.16. The predicted molar refractivity (Wildman–Crippen MR) is 83.1 cm³/mol. The number of hydrogen-bond acceptors (Lipinski definition) is 6. The van der Waals surface area contributed by atoms with Crippen LogP contribution < -0.4 is 9.62 Å². The number of carbonyl (C=O) groups excluding carboxylic acids is 1. The first-order valence-corrected chi connectivity index (χ1v) is 9.59. The number of rotatable bonds is 2. The molecule has 0 spiro atoms. The number of fused-ring (bicyclic) bond motifs is 2. The molecule has 3 fully saturated rings. The number of piperidine rings is 1. The van der Waals surface area contributed by atoms with Gasteiger partial charge >= 0.3 is 0 Å². The summed E-state index contributed by atoms with van der Waals surface area (Å²) in [6.07, 6.45) is 3.53. The predicted octanol–water partition coefficient (Wildman–Crippen LogP) is -0.655. The Labute approximate surface area is 139 Å². The molecule has 0 aromatic carbocycles. The minimum absolute atomic E-state index is 0.000349. The highest BCUT2D eigenvalue weighted by atomic mass is 32.2. The molecule has 0 saturated carbocycles. The highest BCUT2D eigenvalue weighted by Crippen LogP contribution is 2.32. The van der Waals surface area contributed by atoms with Gasteiger partial charge in [-0.05, 0) is 18.8 Å². The summed E-state index contributed by atoms with van der Waals surface area (Å²) in [6.45, 7) is 1.83. The third kappa shape index (κ3) is 2.84. The van der Waals surface area contributed by atoms with Crippen LogP contribution >= 0.6 is 0 Å². The van der Waals surface area contributed by atoms with Crippen LogP contribution in [0, 0.1) is 11.7 Å². The first-order chi connectivity index (χ1) is 11.4. The van der Waals surface area contributed by atoms with Gasteiger partial charge in [0.2, 0.25) is 21.9 Å². The maximum absolute atomic E-state index is 13.0. The van der Waals surface area contributed by atoms with E-state index in [0.29, 0.717) is 31.4 Å². The smallest absolute Gasteiger partial charge is 0.240 e. The Bertz CT molecular complexity index is 756. The molecule has 1 aromatic rings. The maximum atomic E-state index is 13.0. The van der Waals surface area contributed by atoms with Crippen LogP contribution in [0.1, 0.15) is 12.8 Å². The van der Waals surface area contributed by atoms with Crippen molar-refractivity contribution in [3.05, 3.63) is 18.2 Å². The SMILES string of the molecule is O=C(C1CCS(=O)(=O)N1)N1CC2CC(C1)N(c1ncc(F)cn1)C2. The second-order valence-electron chi connectivity index (χ2n) is 6.63. The van der Waals surface area contributed by atoms with E-state index in [0.717, 1.165) is 25.4 Å². The average molecular weight is 355 g/mol. The Morgan fingerprint density at radius 3 is 2.67 bits per heavy atom. The van der Waals surface area contributed by atoms with Crippen molar-refractivity contribution >= 4 is 21.9 Å². The number of carbonyl (C=O) groups is 1. The van der Waals surface area contributed by atoms with E-state index in [1.165, 1.54) is 0 Å². The molecule has 3 atom stereocenters. The lowest BCUT2D eigenvalue weighted by atomic mass is 9.99. The van der Waals surface area contributed by atoms with E-state index in [1.54, 1.807) is 4.90 Å². The van der Waals surface area contributed by atoms with Crippen LogP contribution in [-0.4, -0.2) is 66.7 Å². The number of amides is 1. The van der Waals surface area contributed by atoms with Gasteiger partial charge in [-0.1, -0.05) is 0 Å². The van der Waals surface area contributed by atoms with E-state index in [2.05, 4.69) is 14.7 Å². The van der Waals surface area contributed by atoms with Crippen LogP contribution in [0.3, 0.4) is 0 Å². The zero-order valence-corrected chi connectivity index (χ0v) is 13.7. The second kappa shape index (κ2) is 5.62. The first-order valence-electron chi connectivity index (χ1n) is 7.94. The number of anilines is 1. The van der Waals surface area contributed by atoms with Gasteiger partial charge in [-0.3, -0.25) is 4.79 Å². The molecule has 1 N–H and O–H groups in total. The van der Waals surface area contributed by atoms with Crippen LogP contribution in [0.15, 0.2) is 12.4 Å². The van der Waals surface area contributed by atoms with Gasteiger partial charge in [0, 0.05) is 25.7 Å². The number of nitrogens with zero attached hydrogens (tertiary/aromatic N) is 4. The van der Waals surface area contributed by atoms with Crippen LogP contribution in [0.25, 0.3) is 0 Å². The second-order valence-corrected chi connectivity index (χ2v) is 8.50. The molecule has 0 radical (unpaired) electrons. The van der Waals surface area contributed by atoms with E-state index in [1.807, 2.05) is 4.90 Å². The lowest BCUT2D eigenvalue weighted by molar-refractivity contribution is -0.134. The molecular weight excluding hydrogens is 337 g/mol. The van der Waals surface area contributed by atoms with E-state index in [4.69, 9.17) is 0 Å². The Morgan fingerprint density at radius 1 is 1.25 bits per heavy atom. The van der Waals surface area contributed by atoms with Gasteiger partial charge in [-0.2, -0.15) is 0 Å². The number of hydrogen-bond donors (Lipinski definition) is 1. The normalized spacial score (nSPS) is 31.5. The standard InChI is InChI=1S/C14H18FN5O3S/c15-10-4-16-14(17-5-10)20-7-9-3-11(20)8-19(6-9)13(21)12-1-2-24(22,23)18-12/h4-5,9,11-12,18H,1-3,6-8H2. The zero-order chi connectivity index (χ0) is 16.9. The van der Waals surface area contributed by atoms with Crippen LogP contribution in [0.4, 0.5) is 10.3 Å². The van der Waals surface area contributed by atoms with Gasteiger partial charge in [0.1, 0.15) is 6.04 Å². The number of aromatic nitrogens is 2. The number of sulfonamides is 1. The Hall–Kier alpha value is -1.81. The van der Waals surface area contributed by atoms with Crippen molar-refractivity contribution in [2.75, 3.05) is 30.3 Å². The van der Waals surface area contributed by atoms with Gasteiger partial charge in [0.25, 0.3) is 0 Å². The van der Waals surface area contributed by atoms with Crippen molar-refractivity contribution in [1.82, 2.24) is 19.6 Å². The van der Waals surface area contributed by atoms with Crippen molar-refractivity contribution in [2.24, 2.45) is 5.92 Å². The number of halogens is 1. The summed E-state index contributed by atoms with van der Waals surface area (Å²) in [5, 5.41) is 0. The van der Waals surface area contributed by atoms with Crippen molar-refractivity contribution in [3.8, 4) is 0 Å². The topological polar surface area (TPSA) is 95.5 Å². The van der Waals surface area contributed by atoms with Gasteiger partial charge in [0.05, 0.1) is 18.1 Å². The van der Waals surface area contributed by atoms with Crippen molar-refractivity contribution in [3.63, 3.8) is 0 Å². The van der Waals surface area contributed by atoms with E-state index in [-0.39, 0.29) is 17.7 Å². The Morgan fingerprint density at radius 2 is 2.00 bits per heavy atom. The van der Waals surface area contributed by atoms with Crippen molar-refractivity contribution in [1.29, 1.82) is 0 Å². The molecule has 3 aliphatic heterocycles. The lowest BCUT2D eigenvalue weighted by Gasteiger charge is -2.34. The molecule has 3 saturated heterocycles. The van der Waals surface area contributed by atoms with Gasteiger partial charge < -0.3 is 9.80 Å². The van der Waals surface area contributed by atoms with Gasteiger partial charge in [-0.15, -0.1) is 0 Å². The molecule has 4 rings (SSSR count). The summed E-state index contributed by atoms with van der Waals surface area (Å²) in [7, 11) is -3.31. The lowest BCUT2D eigenvalue weighted by Crippen LogP contribution is -2.51. The van der Waals surface area contributed by atoms with Crippen molar-refractivity contribution < 1.29 is 17.6 Å². The molecule has 0 aliphatic carbocycles. The molecule has 4 heterocycles. The molecule has 3 aliphatic rings. The highest BCUT2D eigenvalue weighted by molar-refractivity contribution is 7.89. The summed E-state index contributed by atoms with van der Waals surface area (Å²) >= 11 is 0. The third-order valence-electron chi connectivity index (χ3n) is 4.88. The largest absolute Gasteiger partial charge is 0.339 e. The van der Waals surface area contributed by atoms with Crippen LogP contribution in [-0.2, 0) is 14.8 Å². The number of likely N-dealkylation sites (tertiary alicyclic amines) is 1. The van der Waals surface area contributed by atoms with E-state index < -0.39 is 21.9 Å². The summed E-state index contributed by atoms with van der Waals surface area (Å²) in [4.78, 5) is 24.4. The third-order valence-corrected chi connectivity index (χ3v) is 6.30. The van der Waals surface area contributed by atoms with Crippen LogP contribution in [0.2, 0.25) is 0 Å². The zero-order valence-electron chi connectivity index (χ0n) is 12.9. The van der Waals surface area contributed by atoms with Gasteiger partial charge in [-0.25, -0.2) is 27.5 Å². The average Bonchev–Trinajstić information content (AvgIpc) is 3.06. The van der Waals surface area contributed by atoms with Crippen LogP contribution in [0.5, 0.6) is 0 Å². The van der Waals surface area contributed by atoms with E-state index >= 15 is 0 Å². The van der Waals surface area contributed by atoms with E-state index in [9.17, 15) is 17.6 Å². The Balaban J connectivity index is 1.47. The maximum Gasteiger partial charge on any atom is 0.240 e. The molecule has 3 unspecified atom stereocenters. The Kier molecular flexibility index (Phi) is 3.68. The molecule has 10 heteroatoms. The fraction of sp³-hybridized carbons (Fsp3) is 0.643. The van der Waals surface area contributed by atoms with Gasteiger partial charge in [0.15, 0.2) is 5.82 Å². The molecular formula is C14H18FN5O3S. The molecule has 1 aromatic heterocycles. The minimum Gasteiger partial charge on any atom is -0.339 e. The molecule has 1 amide bonds. The minimum atomic E-state index is -3.31. The summed E-state index contributed by atoms with van der Waals surface area (Å²) < 4.78 is 38.4. The molecule has 8 nitrogen and oxygen atoms in total.